The first kappa shape index (κ1) is 12.8. The smallest absolute Gasteiger partial charge is 0.255 e. The maximum absolute atomic E-state index is 11.9. The molecule has 2 aromatic rings. The van der Waals surface area contributed by atoms with Crippen molar-refractivity contribution >= 4 is 40.3 Å². The number of carbonyl (C=O) groups excluding carboxylic acids is 1. The van der Waals surface area contributed by atoms with Crippen molar-refractivity contribution in [2.24, 2.45) is 0 Å². The summed E-state index contributed by atoms with van der Waals surface area (Å²) in [5.41, 5.74) is 4.84. The van der Waals surface area contributed by atoms with Gasteiger partial charge in [0.25, 0.3) is 5.91 Å². The quantitative estimate of drug-likeness (QED) is 0.651. The van der Waals surface area contributed by atoms with E-state index in [-0.39, 0.29) is 5.91 Å². The van der Waals surface area contributed by atoms with Crippen molar-refractivity contribution in [2.75, 3.05) is 10.8 Å². The topological polar surface area (TPSA) is 50.4 Å². The molecule has 0 heterocycles. The van der Waals surface area contributed by atoms with Crippen molar-refractivity contribution in [3.8, 4) is 0 Å². The van der Waals surface area contributed by atoms with Crippen molar-refractivity contribution in [3.63, 3.8) is 0 Å². The minimum Gasteiger partial charge on any atom is -0.322 e. The molecule has 92 valence electrons. The third kappa shape index (κ3) is 3.44. The van der Waals surface area contributed by atoms with Crippen molar-refractivity contribution in [1.29, 1.82) is 0 Å². The van der Waals surface area contributed by atoms with Crippen LogP contribution in [-0.2, 0) is 3.17 Å². The Morgan fingerprint density at radius 3 is 2.22 bits per heavy atom. The van der Waals surface area contributed by atoms with Gasteiger partial charge >= 0.3 is 0 Å². The Morgan fingerprint density at radius 1 is 0.944 bits per heavy atom. The first-order valence-corrected chi connectivity index (χ1v) is 6.18. The van der Waals surface area contributed by atoms with E-state index in [4.69, 9.17) is 3.17 Å². The van der Waals surface area contributed by atoms with E-state index < -0.39 is 0 Å². The lowest BCUT2D eigenvalue weighted by molar-refractivity contribution is 0.102. The van der Waals surface area contributed by atoms with Crippen molar-refractivity contribution in [1.82, 2.24) is 0 Å². The number of halogens is 1. The molecule has 2 aromatic carbocycles. The number of benzene rings is 2. The van der Waals surface area contributed by atoms with Crippen molar-refractivity contribution in [3.05, 3.63) is 60.2 Å². The molecule has 0 radical (unpaired) electrons. The zero-order valence-electron chi connectivity index (χ0n) is 9.39. The number of amides is 1. The molecule has 4 nitrogen and oxygen atoms in total. The summed E-state index contributed by atoms with van der Waals surface area (Å²) in [6, 6.07) is 16.4. The summed E-state index contributed by atoms with van der Waals surface area (Å²) in [7, 11) is 0. The van der Waals surface area contributed by atoms with E-state index in [1.54, 1.807) is 47.3 Å². The van der Waals surface area contributed by atoms with Crippen LogP contribution >= 0.6 is 23.0 Å². The second-order valence-corrected chi connectivity index (χ2v) is 4.02. The van der Waals surface area contributed by atoms with Crippen LogP contribution in [0.25, 0.3) is 0 Å². The molecule has 0 atom stereocenters. The van der Waals surface area contributed by atoms with E-state index in [9.17, 15) is 4.79 Å². The normalized spacial score (nSPS) is 9.83. The van der Waals surface area contributed by atoms with Gasteiger partial charge in [-0.2, -0.15) is 0 Å². The number of anilines is 2. The molecule has 0 bridgehead atoms. The van der Waals surface area contributed by atoms with Crippen LogP contribution in [-0.4, -0.2) is 5.91 Å². The van der Waals surface area contributed by atoms with Crippen LogP contribution in [0.1, 0.15) is 10.4 Å². The molecule has 0 unspecified atom stereocenters. The third-order valence-electron chi connectivity index (χ3n) is 2.34. The second kappa shape index (κ2) is 6.36. The van der Waals surface area contributed by atoms with Crippen LogP contribution in [0.5, 0.6) is 0 Å². The SMILES string of the molecule is O=C(Nc1ccccc1)c1ccc(NOI)cc1. The Hall–Kier alpha value is -1.60. The number of hydrogen-bond donors (Lipinski definition) is 2. The summed E-state index contributed by atoms with van der Waals surface area (Å²) in [5, 5.41) is 2.82. The molecule has 0 aliphatic carbocycles. The first-order valence-electron chi connectivity index (χ1n) is 5.29. The van der Waals surface area contributed by atoms with Gasteiger partial charge in [-0.25, -0.2) is 3.17 Å². The minimum absolute atomic E-state index is 0.136. The zero-order valence-corrected chi connectivity index (χ0v) is 11.5. The predicted molar refractivity (Wildman–Crippen MR) is 79.6 cm³/mol. The lowest BCUT2D eigenvalue weighted by Gasteiger charge is -2.06. The maximum atomic E-state index is 11.9. The molecule has 0 saturated carbocycles. The van der Waals surface area contributed by atoms with Gasteiger partial charge in [-0.1, -0.05) is 18.2 Å². The molecule has 2 rings (SSSR count). The summed E-state index contributed by atoms with van der Waals surface area (Å²) in [6.45, 7) is 0. The average Bonchev–Trinajstić information content (AvgIpc) is 2.41. The Morgan fingerprint density at radius 2 is 1.61 bits per heavy atom. The largest absolute Gasteiger partial charge is 0.322 e. The van der Waals surface area contributed by atoms with Gasteiger partial charge in [0.05, 0.1) is 5.69 Å². The number of rotatable bonds is 4. The first-order chi connectivity index (χ1) is 8.79. The lowest BCUT2D eigenvalue weighted by Crippen LogP contribution is -2.11. The minimum atomic E-state index is -0.136. The predicted octanol–water partition coefficient (Wildman–Crippen LogP) is 3.63. The lowest BCUT2D eigenvalue weighted by atomic mass is 10.2. The fraction of sp³-hybridized carbons (Fsp3) is 0. The molecule has 0 aliphatic heterocycles. The molecule has 0 fully saturated rings. The number of carbonyl (C=O) groups is 1. The summed E-state index contributed by atoms with van der Waals surface area (Å²) in [5.74, 6) is -0.136. The van der Waals surface area contributed by atoms with E-state index in [0.29, 0.717) is 5.56 Å². The molecule has 1 amide bonds. The zero-order chi connectivity index (χ0) is 12.8. The molecule has 0 saturated heterocycles. The van der Waals surface area contributed by atoms with Crippen LogP contribution in [0.3, 0.4) is 0 Å². The number of hydrogen-bond acceptors (Lipinski definition) is 3. The van der Waals surface area contributed by atoms with Crippen LogP contribution in [0.4, 0.5) is 11.4 Å². The van der Waals surface area contributed by atoms with Gasteiger partial charge in [-0.15, -0.1) is 0 Å². The van der Waals surface area contributed by atoms with E-state index in [2.05, 4.69) is 10.8 Å². The summed E-state index contributed by atoms with van der Waals surface area (Å²) < 4.78 is 4.74. The van der Waals surface area contributed by atoms with E-state index in [1.165, 1.54) is 0 Å². The fourth-order valence-electron chi connectivity index (χ4n) is 1.46. The van der Waals surface area contributed by atoms with Crippen LogP contribution in [0.2, 0.25) is 0 Å². The highest BCUT2D eigenvalue weighted by atomic mass is 127. The maximum Gasteiger partial charge on any atom is 0.255 e. The van der Waals surface area contributed by atoms with Crippen LogP contribution in [0.15, 0.2) is 54.6 Å². The number of para-hydroxylation sites is 1. The Labute approximate surface area is 119 Å². The molecule has 0 spiro atoms. The van der Waals surface area contributed by atoms with Crippen LogP contribution in [0, 0.1) is 0 Å². The van der Waals surface area contributed by atoms with Crippen molar-refractivity contribution in [2.45, 2.75) is 0 Å². The molecular weight excluding hydrogens is 343 g/mol. The van der Waals surface area contributed by atoms with Crippen LogP contribution < -0.4 is 10.8 Å². The number of nitrogens with one attached hydrogen (secondary N) is 2. The summed E-state index contributed by atoms with van der Waals surface area (Å²) in [6.07, 6.45) is 0. The van der Waals surface area contributed by atoms with E-state index in [1.807, 2.05) is 30.3 Å². The van der Waals surface area contributed by atoms with Gasteiger partial charge in [0.1, 0.15) is 23.0 Å². The Bertz CT molecular complexity index is 514. The molecule has 18 heavy (non-hydrogen) atoms. The van der Waals surface area contributed by atoms with Gasteiger partial charge in [0.2, 0.25) is 0 Å². The second-order valence-electron chi connectivity index (χ2n) is 3.58. The van der Waals surface area contributed by atoms with Gasteiger partial charge in [0, 0.05) is 11.3 Å². The molecule has 2 N–H and O–H groups in total. The highest BCUT2D eigenvalue weighted by Crippen LogP contribution is 2.12. The summed E-state index contributed by atoms with van der Waals surface area (Å²) in [4.78, 5) is 11.9. The molecule has 5 heteroatoms. The van der Waals surface area contributed by atoms with E-state index >= 15 is 0 Å². The van der Waals surface area contributed by atoms with Gasteiger partial charge in [0.15, 0.2) is 0 Å². The van der Waals surface area contributed by atoms with Gasteiger partial charge in [-0.3, -0.25) is 10.3 Å². The summed E-state index contributed by atoms with van der Waals surface area (Å²) >= 11 is 1.74. The fourth-order valence-corrected chi connectivity index (χ4v) is 1.71. The van der Waals surface area contributed by atoms with Gasteiger partial charge < -0.3 is 5.32 Å². The molecular formula is C13H11IN2O2. The molecule has 0 aliphatic rings. The van der Waals surface area contributed by atoms with E-state index in [0.717, 1.165) is 11.4 Å². The van der Waals surface area contributed by atoms with Crippen molar-refractivity contribution < 1.29 is 7.96 Å². The monoisotopic (exact) mass is 354 g/mol. The third-order valence-corrected chi connectivity index (χ3v) is 2.56. The average molecular weight is 354 g/mol. The Balaban J connectivity index is 2.05. The Kier molecular flexibility index (Phi) is 4.54. The highest BCUT2D eigenvalue weighted by molar-refractivity contribution is 14.1. The highest BCUT2D eigenvalue weighted by Gasteiger charge is 2.05. The van der Waals surface area contributed by atoms with Gasteiger partial charge in [-0.05, 0) is 36.4 Å². The molecule has 0 aromatic heterocycles. The standard InChI is InChI=1S/C13H11IN2O2/c14-18-16-12-8-6-10(7-9-12)13(17)15-11-4-2-1-3-5-11/h1-9,16H,(H,15,17).